The highest BCUT2D eigenvalue weighted by Crippen LogP contribution is 2.15. The first kappa shape index (κ1) is 27.4. The number of hydrogen-bond donors (Lipinski definition) is 2. The number of carbonyl (C=O) groups is 3. The highest BCUT2D eigenvalue weighted by molar-refractivity contribution is 6.30. The number of benzene rings is 1. The number of aliphatic carboxylic acids is 2. The van der Waals surface area contributed by atoms with Gasteiger partial charge in [-0.2, -0.15) is 0 Å². The Morgan fingerprint density at radius 1 is 1.03 bits per heavy atom. The molecule has 2 unspecified atom stereocenters. The number of halogens is 1. The fourth-order valence-electron chi connectivity index (χ4n) is 3.14. The minimum absolute atomic E-state index is 0.0672. The van der Waals surface area contributed by atoms with E-state index in [0.29, 0.717) is 35.6 Å². The lowest BCUT2D eigenvalue weighted by Crippen LogP contribution is -3.19. The monoisotopic (exact) mass is 470 g/mol. The maximum atomic E-state index is 11.7. The zero-order valence-electron chi connectivity index (χ0n) is 18.4. The summed E-state index contributed by atoms with van der Waals surface area (Å²) in [6.07, 6.45) is 2.00. The van der Waals surface area contributed by atoms with Crippen molar-refractivity contribution >= 4 is 29.5 Å². The summed E-state index contributed by atoms with van der Waals surface area (Å²) in [6.45, 7) is 10.6. The zero-order chi connectivity index (χ0) is 23.9. The van der Waals surface area contributed by atoms with E-state index < -0.39 is 11.9 Å². The summed E-state index contributed by atoms with van der Waals surface area (Å²) in [5, 5.41) is 19.5. The maximum absolute atomic E-state index is 11.7. The first-order valence-corrected chi connectivity index (χ1v) is 10.9. The highest BCUT2D eigenvalue weighted by atomic mass is 35.5. The van der Waals surface area contributed by atoms with Gasteiger partial charge in [-0.3, -0.25) is 0 Å². The summed E-state index contributed by atoms with van der Waals surface area (Å²) in [7, 11) is 0. The second-order valence-corrected chi connectivity index (χ2v) is 8.04. The first-order valence-electron chi connectivity index (χ1n) is 10.5. The molecular formula is C22H31ClN2O7. The lowest BCUT2D eigenvalue weighted by atomic mass is 10.3. The Labute approximate surface area is 193 Å². The summed E-state index contributed by atoms with van der Waals surface area (Å²) >= 11 is 5.80. The number of hydrogen-bond acceptors (Lipinski definition) is 7. The molecule has 0 spiro atoms. The maximum Gasteiger partial charge on any atom is 0.344 e. The molecule has 0 aromatic heterocycles. The van der Waals surface area contributed by atoms with Crippen molar-refractivity contribution in [1.82, 2.24) is 0 Å². The van der Waals surface area contributed by atoms with E-state index in [1.54, 1.807) is 29.2 Å². The van der Waals surface area contributed by atoms with Gasteiger partial charge >= 0.3 is 5.97 Å². The van der Waals surface area contributed by atoms with Crippen LogP contribution in [0.1, 0.15) is 20.3 Å². The Kier molecular flexibility index (Phi) is 13.0. The number of carboxylic acids is 2. The molecule has 1 aromatic rings. The molecule has 178 valence electrons. The van der Waals surface area contributed by atoms with Crippen LogP contribution in [0.2, 0.25) is 5.02 Å². The number of quaternary nitrogens is 2. The molecule has 9 nitrogen and oxygen atoms in total. The molecule has 0 amide bonds. The number of ether oxygens (including phenoxy) is 2. The van der Waals surface area contributed by atoms with E-state index >= 15 is 0 Å². The summed E-state index contributed by atoms with van der Waals surface area (Å²) in [4.78, 5) is 33.8. The minimum atomic E-state index is -1.55. The number of nitrogens with one attached hydrogen (secondary N) is 2. The number of esters is 1. The lowest BCUT2D eigenvalue weighted by Gasteiger charge is -2.20. The van der Waals surface area contributed by atoms with Gasteiger partial charge in [0.25, 0.3) is 0 Å². The van der Waals surface area contributed by atoms with Crippen LogP contribution in [0.25, 0.3) is 0 Å². The van der Waals surface area contributed by atoms with Crippen molar-refractivity contribution in [3.63, 3.8) is 0 Å². The quantitative estimate of drug-likeness (QED) is 0.289. The standard InChI is InChI=1S/C18H27ClN2O3.C4H4O4/c1-15(2)21-9-3-8-20(10-11-21)12-13-23-18(22)14-24-17-6-4-16(19)5-7-17;5-3(6)1-2-4(7)8/h4-7,15H,3,8-14H2,1-2H3;1-2H,(H,5,6)(H,7,8)/b;2-1-. The Morgan fingerprint density at radius 2 is 1.66 bits per heavy atom. The Morgan fingerprint density at radius 3 is 2.22 bits per heavy atom. The van der Waals surface area contributed by atoms with E-state index in [4.69, 9.17) is 21.1 Å². The number of rotatable bonds is 9. The molecule has 2 atom stereocenters. The van der Waals surface area contributed by atoms with Gasteiger partial charge in [0.1, 0.15) is 32.0 Å². The van der Waals surface area contributed by atoms with E-state index in [9.17, 15) is 24.6 Å². The molecule has 1 fully saturated rings. The molecule has 1 heterocycles. The van der Waals surface area contributed by atoms with E-state index in [0.717, 1.165) is 19.6 Å². The van der Waals surface area contributed by atoms with Crippen LogP contribution in [0.15, 0.2) is 36.4 Å². The van der Waals surface area contributed by atoms with Crippen LogP contribution in [0, 0.1) is 0 Å². The molecule has 0 bridgehead atoms. The molecule has 0 radical (unpaired) electrons. The van der Waals surface area contributed by atoms with Crippen molar-refractivity contribution < 1.29 is 43.9 Å². The van der Waals surface area contributed by atoms with Gasteiger partial charge in [-0.25, -0.2) is 4.79 Å². The Hall–Kier alpha value is -2.62. The van der Waals surface area contributed by atoms with Gasteiger partial charge in [-0.05, 0) is 50.3 Å². The van der Waals surface area contributed by atoms with Crippen LogP contribution >= 0.6 is 11.6 Å². The molecule has 32 heavy (non-hydrogen) atoms. The van der Waals surface area contributed by atoms with Gasteiger partial charge in [-0.1, -0.05) is 11.6 Å². The summed E-state index contributed by atoms with van der Waals surface area (Å²) in [5.74, 6) is -2.80. The predicted octanol–water partition coefficient (Wildman–Crippen LogP) is -3.11. The molecule has 0 aliphatic carbocycles. The SMILES string of the molecule is CC(C)[NH+]1CCC[NH+](CCOC(=O)COc2ccc(Cl)cc2)CC1.O=C([O-])/C=C\C(=O)[O-]. The second-order valence-electron chi connectivity index (χ2n) is 7.60. The van der Waals surface area contributed by atoms with Crippen LogP contribution in [-0.4, -0.2) is 69.9 Å². The molecule has 1 aliphatic rings. The van der Waals surface area contributed by atoms with Crippen molar-refractivity contribution in [3.8, 4) is 5.75 Å². The van der Waals surface area contributed by atoms with Crippen molar-refractivity contribution in [2.75, 3.05) is 45.9 Å². The molecule has 1 saturated heterocycles. The second kappa shape index (κ2) is 15.2. The van der Waals surface area contributed by atoms with Gasteiger partial charge < -0.3 is 39.1 Å². The van der Waals surface area contributed by atoms with Crippen LogP contribution in [0.3, 0.4) is 0 Å². The first-order chi connectivity index (χ1) is 15.2. The average molecular weight is 471 g/mol. The zero-order valence-corrected chi connectivity index (χ0v) is 19.2. The van der Waals surface area contributed by atoms with Gasteiger partial charge in [0, 0.05) is 11.4 Å². The van der Waals surface area contributed by atoms with E-state index in [1.807, 2.05) is 0 Å². The predicted molar refractivity (Wildman–Crippen MR) is 113 cm³/mol. The van der Waals surface area contributed by atoms with Gasteiger partial charge in [0.2, 0.25) is 0 Å². The van der Waals surface area contributed by atoms with Crippen LogP contribution in [0.4, 0.5) is 0 Å². The number of carbonyl (C=O) groups excluding carboxylic acids is 3. The third-order valence-corrected chi connectivity index (χ3v) is 5.14. The lowest BCUT2D eigenvalue weighted by molar-refractivity contribution is -0.950. The van der Waals surface area contributed by atoms with Gasteiger partial charge in [0.15, 0.2) is 6.61 Å². The van der Waals surface area contributed by atoms with Crippen molar-refractivity contribution in [3.05, 3.63) is 41.4 Å². The summed E-state index contributed by atoms with van der Waals surface area (Å²) < 4.78 is 10.7. The Balaban J connectivity index is 0.000000547. The summed E-state index contributed by atoms with van der Waals surface area (Å²) in [6, 6.07) is 7.62. The third kappa shape index (κ3) is 12.9. The topological polar surface area (TPSA) is 125 Å². The highest BCUT2D eigenvalue weighted by Gasteiger charge is 2.22. The fourth-order valence-corrected chi connectivity index (χ4v) is 3.27. The van der Waals surface area contributed by atoms with Crippen LogP contribution in [0.5, 0.6) is 5.75 Å². The average Bonchev–Trinajstić information content (AvgIpc) is 2.98. The largest absolute Gasteiger partial charge is 0.545 e. The molecule has 1 aliphatic heterocycles. The van der Waals surface area contributed by atoms with Gasteiger partial charge in [-0.15, -0.1) is 0 Å². The van der Waals surface area contributed by atoms with Gasteiger partial charge in [0.05, 0.1) is 31.1 Å². The normalized spacial score (nSPS) is 18.4. The van der Waals surface area contributed by atoms with Crippen molar-refractivity contribution in [1.29, 1.82) is 0 Å². The Bertz CT molecular complexity index is 737. The molecule has 10 heteroatoms. The van der Waals surface area contributed by atoms with E-state index in [-0.39, 0.29) is 12.6 Å². The fraction of sp³-hybridized carbons (Fsp3) is 0.500. The van der Waals surface area contributed by atoms with Crippen LogP contribution in [-0.2, 0) is 19.1 Å². The molecule has 2 N–H and O–H groups in total. The smallest absolute Gasteiger partial charge is 0.344 e. The van der Waals surface area contributed by atoms with E-state index in [1.165, 1.54) is 24.4 Å². The minimum Gasteiger partial charge on any atom is -0.545 e. The molecule has 1 aromatic carbocycles. The van der Waals surface area contributed by atoms with Crippen molar-refractivity contribution in [2.24, 2.45) is 0 Å². The van der Waals surface area contributed by atoms with Crippen molar-refractivity contribution in [2.45, 2.75) is 26.3 Å². The molecular weight excluding hydrogens is 440 g/mol. The third-order valence-electron chi connectivity index (χ3n) is 4.89. The molecule has 0 saturated carbocycles. The van der Waals surface area contributed by atoms with E-state index in [2.05, 4.69) is 13.8 Å². The number of carboxylic acid groups (broad SMARTS) is 2. The molecule has 2 rings (SSSR count). The summed E-state index contributed by atoms with van der Waals surface area (Å²) in [5.41, 5.74) is 0. The van der Waals surface area contributed by atoms with Crippen LogP contribution < -0.4 is 24.7 Å².